The molecule has 0 spiro atoms. The van der Waals surface area contributed by atoms with Gasteiger partial charge in [0.1, 0.15) is 0 Å². The molecule has 6 nitrogen and oxygen atoms in total. The van der Waals surface area contributed by atoms with Crippen molar-refractivity contribution in [1.29, 1.82) is 0 Å². The summed E-state index contributed by atoms with van der Waals surface area (Å²) in [6.45, 7) is 4.59. The van der Waals surface area contributed by atoms with Gasteiger partial charge in [-0.1, -0.05) is 23.7 Å². The number of nitrogens with one attached hydrogen (secondary N) is 1. The maximum absolute atomic E-state index is 12.4. The third-order valence-electron chi connectivity index (χ3n) is 5.95. The summed E-state index contributed by atoms with van der Waals surface area (Å²) in [6, 6.07) is 8.63. The number of carbonyl (C=O) groups excluding carboxylic acids is 1. The minimum atomic E-state index is 0.158. The fraction of sp³-hybridized carbons (Fsp3) is 0.565. The predicted molar refractivity (Wildman–Crippen MR) is 121 cm³/mol. The second-order valence-electron chi connectivity index (χ2n) is 8.49. The van der Waals surface area contributed by atoms with Crippen LogP contribution in [0.15, 0.2) is 43.0 Å². The molecule has 1 saturated heterocycles. The van der Waals surface area contributed by atoms with Gasteiger partial charge in [0.05, 0.1) is 6.33 Å². The standard InChI is InChI=1S/C23H34ClN5O/c1-27(2)22-9-13-29(16-19-5-3-6-21(24)15-19)17-20(22)7-8-23(30)26-10-4-12-28-14-11-25-18-28/h3,5-6,11,14-15,18,20,22H,4,7-10,12-13,16-17H2,1-2H3,(H,26,30)/t20-,22+/m0/s1. The maximum Gasteiger partial charge on any atom is 0.220 e. The van der Waals surface area contributed by atoms with E-state index in [0.29, 0.717) is 24.9 Å². The van der Waals surface area contributed by atoms with E-state index in [1.807, 2.05) is 29.0 Å². The van der Waals surface area contributed by atoms with E-state index in [-0.39, 0.29) is 5.91 Å². The molecule has 0 saturated carbocycles. The normalized spacial score (nSPS) is 19.9. The van der Waals surface area contributed by atoms with Crippen LogP contribution in [0, 0.1) is 5.92 Å². The van der Waals surface area contributed by atoms with Gasteiger partial charge in [0.2, 0.25) is 5.91 Å². The first-order chi connectivity index (χ1) is 14.5. The van der Waals surface area contributed by atoms with Crippen LogP contribution in [0.4, 0.5) is 0 Å². The highest BCUT2D eigenvalue weighted by atomic mass is 35.5. The molecule has 164 valence electrons. The van der Waals surface area contributed by atoms with Crippen LogP contribution < -0.4 is 5.32 Å². The van der Waals surface area contributed by atoms with Gasteiger partial charge in [-0.05, 0) is 63.5 Å². The monoisotopic (exact) mass is 431 g/mol. The Hall–Kier alpha value is -1.89. The highest BCUT2D eigenvalue weighted by Crippen LogP contribution is 2.26. The lowest BCUT2D eigenvalue weighted by atomic mass is 9.87. The average molecular weight is 432 g/mol. The van der Waals surface area contributed by atoms with E-state index in [1.165, 1.54) is 5.56 Å². The van der Waals surface area contributed by atoms with Crippen LogP contribution in [-0.4, -0.2) is 65.0 Å². The Bertz CT molecular complexity index is 780. The second-order valence-corrected chi connectivity index (χ2v) is 8.92. The topological polar surface area (TPSA) is 53.4 Å². The molecule has 7 heteroatoms. The summed E-state index contributed by atoms with van der Waals surface area (Å²) < 4.78 is 2.03. The molecule has 0 aliphatic carbocycles. The quantitative estimate of drug-likeness (QED) is 0.586. The minimum absolute atomic E-state index is 0.158. The van der Waals surface area contributed by atoms with E-state index in [1.54, 1.807) is 12.5 Å². The van der Waals surface area contributed by atoms with E-state index in [9.17, 15) is 4.79 Å². The van der Waals surface area contributed by atoms with E-state index < -0.39 is 0 Å². The number of piperidine rings is 1. The molecule has 2 aromatic rings. The summed E-state index contributed by atoms with van der Waals surface area (Å²) in [6.07, 6.45) is 9.08. The minimum Gasteiger partial charge on any atom is -0.356 e. The Morgan fingerprint density at radius 2 is 2.23 bits per heavy atom. The van der Waals surface area contributed by atoms with Crippen molar-refractivity contribution in [2.75, 3.05) is 33.7 Å². The number of benzene rings is 1. The molecule has 0 unspecified atom stereocenters. The Morgan fingerprint density at radius 1 is 1.37 bits per heavy atom. The van der Waals surface area contributed by atoms with Crippen molar-refractivity contribution in [3.63, 3.8) is 0 Å². The number of carbonyl (C=O) groups is 1. The number of rotatable bonds is 10. The molecule has 2 heterocycles. The smallest absolute Gasteiger partial charge is 0.220 e. The second kappa shape index (κ2) is 11.5. The predicted octanol–water partition coefficient (Wildman–Crippen LogP) is 3.28. The van der Waals surface area contributed by atoms with Gasteiger partial charge in [-0.15, -0.1) is 0 Å². The first kappa shape index (κ1) is 22.8. The van der Waals surface area contributed by atoms with Gasteiger partial charge in [0.25, 0.3) is 0 Å². The molecular formula is C23H34ClN5O. The molecule has 1 amide bonds. The maximum atomic E-state index is 12.4. The molecule has 3 rings (SSSR count). The van der Waals surface area contributed by atoms with Crippen LogP contribution >= 0.6 is 11.6 Å². The number of imidazole rings is 1. The Kier molecular flexibility index (Phi) is 8.73. The van der Waals surface area contributed by atoms with Gasteiger partial charge >= 0.3 is 0 Å². The van der Waals surface area contributed by atoms with Crippen molar-refractivity contribution < 1.29 is 4.79 Å². The molecule has 1 aliphatic heterocycles. The van der Waals surface area contributed by atoms with Gasteiger partial charge in [0, 0.05) is 56.1 Å². The molecule has 1 N–H and O–H groups in total. The lowest BCUT2D eigenvalue weighted by Crippen LogP contribution is -2.48. The lowest BCUT2D eigenvalue weighted by molar-refractivity contribution is -0.121. The zero-order valence-electron chi connectivity index (χ0n) is 18.1. The average Bonchev–Trinajstić information content (AvgIpc) is 3.23. The molecule has 2 atom stereocenters. The van der Waals surface area contributed by atoms with Gasteiger partial charge in [-0.25, -0.2) is 4.98 Å². The van der Waals surface area contributed by atoms with E-state index in [0.717, 1.165) is 50.5 Å². The van der Waals surface area contributed by atoms with Crippen LogP contribution in [0.3, 0.4) is 0 Å². The molecule has 1 aromatic heterocycles. The van der Waals surface area contributed by atoms with Crippen molar-refractivity contribution in [2.45, 2.75) is 44.8 Å². The van der Waals surface area contributed by atoms with Crippen molar-refractivity contribution in [3.05, 3.63) is 53.6 Å². The Balaban J connectivity index is 1.44. The summed E-state index contributed by atoms with van der Waals surface area (Å²) in [4.78, 5) is 21.2. The first-order valence-corrected chi connectivity index (χ1v) is 11.2. The van der Waals surface area contributed by atoms with Gasteiger partial charge in [-0.2, -0.15) is 0 Å². The molecule has 30 heavy (non-hydrogen) atoms. The van der Waals surface area contributed by atoms with E-state index in [2.05, 4.69) is 40.3 Å². The van der Waals surface area contributed by atoms with Crippen molar-refractivity contribution >= 4 is 17.5 Å². The largest absolute Gasteiger partial charge is 0.356 e. The van der Waals surface area contributed by atoms with Crippen molar-refractivity contribution in [2.24, 2.45) is 5.92 Å². The highest BCUT2D eigenvalue weighted by Gasteiger charge is 2.30. The van der Waals surface area contributed by atoms with Crippen LogP contribution in [0.25, 0.3) is 0 Å². The number of aromatic nitrogens is 2. The fourth-order valence-corrected chi connectivity index (χ4v) is 4.62. The summed E-state index contributed by atoms with van der Waals surface area (Å²) in [5, 5.41) is 3.86. The lowest BCUT2D eigenvalue weighted by Gasteiger charge is -2.41. The number of hydrogen-bond donors (Lipinski definition) is 1. The van der Waals surface area contributed by atoms with E-state index in [4.69, 9.17) is 11.6 Å². The first-order valence-electron chi connectivity index (χ1n) is 10.9. The fourth-order valence-electron chi connectivity index (χ4n) is 4.41. The summed E-state index contributed by atoms with van der Waals surface area (Å²) in [7, 11) is 4.31. The number of amides is 1. The van der Waals surface area contributed by atoms with Gasteiger partial charge in [-0.3, -0.25) is 9.69 Å². The molecule has 0 radical (unpaired) electrons. The van der Waals surface area contributed by atoms with Crippen LogP contribution in [0.1, 0.15) is 31.2 Å². The van der Waals surface area contributed by atoms with Crippen LogP contribution in [-0.2, 0) is 17.9 Å². The van der Waals surface area contributed by atoms with Crippen LogP contribution in [0.5, 0.6) is 0 Å². The zero-order valence-corrected chi connectivity index (χ0v) is 18.9. The SMILES string of the molecule is CN(C)[C@@H]1CCN(Cc2cccc(Cl)c2)C[C@@H]1CCC(=O)NCCCn1ccnc1. The number of hydrogen-bond acceptors (Lipinski definition) is 4. The van der Waals surface area contributed by atoms with E-state index >= 15 is 0 Å². The Labute approximate surface area is 185 Å². The molecule has 1 aliphatic rings. The summed E-state index contributed by atoms with van der Waals surface area (Å²) in [5.41, 5.74) is 1.25. The molecule has 1 aromatic carbocycles. The Morgan fingerprint density at radius 3 is 2.97 bits per heavy atom. The van der Waals surface area contributed by atoms with Crippen molar-refractivity contribution in [1.82, 2.24) is 24.7 Å². The molecule has 0 bridgehead atoms. The number of halogens is 1. The molecular weight excluding hydrogens is 398 g/mol. The zero-order chi connectivity index (χ0) is 21.3. The van der Waals surface area contributed by atoms with Crippen LogP contribution in [0.2, 0.25) is 5.02 Å². The highest BCUT2D eigenvalue weighted by molar-refractivity contribution is 6.30. The molecule has 1 fully saturated rings. The summed E-state index contributed by atoms with van der Waals surface area (Å²) in [5.74, 6) is 0.648. The number of aryl methyl sites for hydroxylation is 1. The third kappa shape index (κ3) is 7.11. The van der Waals surface area contributed by atoms with Gasteiger partial charge < -0.3 is 14.8 Å². The third-order valence-corrected chi connectivity index (χ3v) is 6.19. The summed E-state index contributed by atoms with van der Waals surface area (Å²) >= 11 is 6.15. The van der Waals surface area contributed by atoms with Crippen molar-refractivity contribution in [3.8, 4) is 0 Å². The number of nitrogens with zero attached hydrogens (tertiary/aromatic N) is 4. The van der Waals surface area contributed by atoms with Gasteiger partial charge in [0.15, 0.2) is 0 Å². The number of likely N-dealkylation sites (tertiary alicyclic amines) is 1.